The van der Waals surface area contributed by atoms with Gasteiger partial charge in [0.25, 0.3) is 5.91 Å². The van der Waals surface area contributed by atoms with Gasteiger partial charge in [-0.1, -0.05) is 0 Å². The second kappa shape index (κ2) is 6.89. The second-order valence-electron chi connectivity index (χ2n) is 4.69. The number of hydrogen-bond acceptors (Lipinski definition) is 3. The van der Waals surface area contributed by atoms with Crippen molar-refractivity contribution in [2.75, 3.05) is 13.1 Å². The monoisotopic (exact) mass is 387 g/mol. The Kier molecular flexibility index (Phi) is 5.40. The van der Waals surface area contributed by atoms with Crippen molar-refractivity contribution in [1.29, 1.82) is 0 Å². The molecule has 0 saturated heterocycles. The van der Waals surface area contributed by atoms with Crippen LogP contribution >= 0.6 is 39.5 Å². The molecule has 7 heteroatoms. The molecule has 0 aromatic carbocycles. The van der Waals surface area contributed by atoms with E-state index in [0.717, 1.165) is 19.9 Å². The molecule has 21 heavy (non-hydrogen) atoms. The minimum Gasteiger partial charge on any atom is -0.350 e. The highest BCUT2D eigenvalue weighted by Crippen LogP contribution is 2.34. The number of amides is 1. The summed E-state index contributed by atoms with van der Waals surface area (Å²) in [6.07, 6.45) is 0. The van der Waals surface area contributed by atoms with Gasteiger partial charge in [0, 0.05) is 23.7 Å². The van der Waals surface area contributed by atoms with Crippen LogP contribution in [-0.4, -0.2) is 29.0 Å². The van der Waals surface area contributed by atoms with E-state index in [9.17, 15) is 4.79 Å². The number of thiophene rings is 1. The molecule has 1 aromatic rings. The number of likely N-dealkylation sites (N-methyl/N-ethyl adjacent to an activating group) is 1. The molecule has 1 aromatic heterocycles. The molecular weight excluding hydrogens is 370 g/mol. The number of thiocarbonyl (C=S) groups is 1. The highest BCUT2D eigenvalue weighted by molar-refractivity contribution is 9.11. The molecule has 2 N–H and O–H groups in total. The van der Waals surface area contributed by atoms with E-state index >= 15 is 0 Å². The second-order valence-corrected chi connectivity index (χ2v) is 7.59. The summed E-state index contributed by atoms with van der Waals surface area (Å²) in [6.45, 7) is 7.26. The zero-order chi connectivity index (χ0) is 15.6. The molecule has 4 nitrogen and oxygen atoms in total. The summed E-state index contributed by atoms with van der Waals surface area (Å²) in [5, 5.41) is 6.83. The fourth-order valence-electron chi connectivity index (χ4n) is 2.36. The van der Waals surface area contributed by atoms with Crippen molar-refractivity contribution >= 4 is 50.5 Å². The zero-order valence-corrected chi connectivity index (χ0v) is 15.4. The van der Waals surface area contributed by atoms with Crippen LogP contribution in [0.3, 0.4) is 0 Å². The summed E-state index contributed by atoms with van der Waals surface area (Å²) in [7, 11) is 0. The third kappa shape index (κ3) is 3.46. The lowest BCUT2D eigenvalue weighted by Gasteiger charge is -2.32. The number of hydrogen-bond donors (Lipinski definition) is 2. The zero-order valence-electron chi connectivity index (χ0n) is 12.2. The highest BCUT2D eigenvalue weighted by atomic mass is 79.9. The first-order valence-electron chi connectivity index (χ1n) is 6.80. The average Bonchev–Trinajstić information content (AvgIpc) is 2.85. The van der Waals surface area contributed by atoms with Crippen molar-refractivity contribution < 1.29 is 4.79 Å². The van der Waals surface area contributed by atoms with Gasteiger partial charge in [0.1, 0.15) is 0 Å². The predicted molar refractivity (Wildman–Crippen MR) is 94.3 cm³/mol. The Hall–Kier alpha value is -0.920. The van der Waals surface area contributed by atoms with Gasteiger partial charge in [0.15, 0.2) is 5.11 Å². The molecule has 114 valence electrons. The highest BCUT2D eigenvalue weighted by Gasteiger charge is 2.32. The van der Waals surface area contributed by atoms with Gasteiger partial charge in [0.2, 0.25) is 0 Å². The van der Waals surface area contributed by atoms with Crippen molar-refractivity contribution in [1.82, 2.24) is 15.5 Å². The smallest absolute Gasteiger partial charge is 0.253 e. The van der Waals surface area contributed by atoms with E-state index in [1.165, 1.54) is 0 Å². The quantitative estimate of drug-likeness (QED) is 0.778. The number of carbonyl (C=O) groups is 1. The van der Waals surface area contributed by atoms with Gasteiger partial charge in [-0.2, -0.15) is 0 Å². The first-order valence-corrected chi connectivity index (χ1v) is 8.82. The van der Waals surface area contributed by atoms with Crippen molar-refractivity contribution in [2.45, 2.75) is 26.8 Å². The standard InChI is InChI=1S/C14H18BrN3OS2/c1-4-18(5-2)13(19)11-8(3)16-14(20)17-12(11)9-6-7-10(15)21-9/h6-7,12H,4-5H2,1-3H3,(H2,16,17,20)/t12-/m1/s1. The van der Waals surface area contributed by atoms with Gasteiger partial charge < -0.3 is 15.5 Å². The van der Waals surface area contributed by atoms with E-state index in [1.807, 2.05) is 37.8 Å². The average molecular weight is 388 g/mol. The van der Waals surface area contributed by atoms with Crippen LogP contribution in [-0.2, 0) is 4.79 Å². The summed E-state index contributed by atoms with van der Waals surface area (Å²) in [4.78, 5) is 15.7. The van der Waals surface area contributed by atoms with E-state index in [4.69, 9.17) is 12.2 Å². The number of rotatable bonds is 4. The van der Waals surface area contributed by atoms with Crippen LogP contribution in [0.15, 0.2) is 27.2 Å². The van der Waals surface area contributed by atoms with Crippen LogP contribution in [0.25, 0.3) is 0 Å². The van der Waals surface area contributed by atoms with Crippen LogP contribution in [0.4, 0.5) is 0 Å². The number of nitrogens with zero attached hydrogens (tertiary/aromatic N) is 1. The lowest BCUT2D eigenvalue weighted by atomic mass is 10.00. The lowest BCUT2D eigenvalue weighted by molar-refractivity contribution is -0.127. The Morgan fingerprint density at radius 2 is 2.10 bits per heavy atom. The third-order valence-corrected chi connectivity index (χ3v) is 5.34. The molecule has 0 fully saturated rings. The maximum absolute atomic E-state index is 12.8. The molecule has 0 spiro atoms. The van der Waals surface area contributed by atoms with Gasteiger partial charge in [-0.25, -0.2) is 0 Å². The molecule has 0 radical (unpaired) electrons. The first-order chi connectivity index (χ1) is 9.97. The number of halogens is 1. The van der Waals surface area contributed by atoms with Crippen LogP contribution in [0, 0.1) is 0 Å². The van der Waals surface area contributed by atoms with Crippen LogP contribution in [0.2, 0.25) is 0 Å². The normalized spacial score (nSPS) is 18.3. The molecule has 0 saturated carbocycles. The SMILES string of the molecule is CCN(CC)C(=O)C1=C(C)NC(=S)N[C@@H]1c1ccc(Br)s1. The molecule has 1 amide bonds. The van der Waals surface area contributed by atoms with Crippen LogP contribution < -0.4 is 10.6 Å². The molecule has 2 rings (SSSR count). The third-order valence-electron chi connectivity index (χ3n) is 3.43. The van der Waals surface area contributed by atoms with E-state index in [2.05, 4.69) is 26.6 Å². The summed E-state index contributed by atoms with van der Waals surface area (Å²) in [5.41, 5.74) is 1.56. The lowest BCUT2D eigenvalue weighted by Crippen LogP contribution is -2.47. The van der Waals surface area contributed by atoms with Crippen molar-refractivity contribution in [2.24, 2.45) is 0 Å². The van der Waals surface area contributed by atoms with Crippen LogP contribution in [0.1, 0.15) is 31.7 Å². The van der Waals surface area contributed by atoms with Gasteiger partial charge in [-0.05, 0) is 61.1 Å². The van der Waals surface area contributed by atoms with Crippen molar-refractivity contribution in [3.05, 3.63) is 32.1 Å². The molecule has 2 heterocycles. The van der Waals surface area contributed by atoms with E-state index < -0.39 is 0 Å². The van der Waals surface area contributed by atoms with E-state index in [0.29, 0.717) is 18.2 Å². The molecule has 1 aliphatic heterocycles. The first kappa shape index (κ1) is 16.5. The maximum atomic E-state index is 12.8. The Balaban J connectivity index is 2.43. The summed E-state index contributed by atoms with van der Waals surface area (Å²) < 4.78 is 1.04. The van der Waals surface area contributed by atoms with E-state index in [1.54, 1.807) is 11.3 Å². The van der Waals surface area contributed by atoms with Gasteiger partial charge in [-0.15, -0.1) is 11.3 Å². The molecule has 0 aliphatic carbocycles. The fourth-order valence-corrected chi connectivity index (χ4v) is 4.11. The largest absolute Gasteiger partial charge is 0.350 e. The van der Waals surface area contributed by atoms with E-state index in [-0.39, 0.29) is 11.9 Å². The molecule has 1 atom stereocenters. The van der Waals surface area contributed by atoms with Gasteiger partial charge in [-0.3, -0.25) is 4.79 Å². The fraction of sp³-hybridized carbons (Fsp3) is 0.429. The Morgan fingerprint density at radius 3 is 2.62 bits per heavy atom. The summed E-state index contributed by atoms with van der Waals surface area (Å²) in [6, 6.07) is 3.81. The topological polar surface area (TPSA) is 44.4 Å². The van der Waals surface area contributed by atoms with Gasteiger partial charge >= 0.3 is 0 Å². The summed E-state index contributed by atoms with van der Waals surface area (Å²) in [5.74, 6) is 0.0505. The summed E-state index contributed by atoms with van der Waals surface area (Å²) >= 11 is 10.3. The van der Waals surface area contributed by atoms with Crippen LogP contribution in [0.5, 0.6) is 0 Å². The minimum atomic E-state index is -0.192. The maximum Gasteiger partial charge on any atom is 0.253 e. The Bertz CT molecular complexity index is 593. The predicted octanol–water partition coefficient (Wildman–Crippen LogP) is 3.17. The number of allylic oxidation sites excluding steroid dienone is 1. The van der Waals surface area contributed by atoms with Gasteiger partial charge in [0.05, 0.1) is 15.4 Å². The molecule has 1 aliphatic rings. The number of carbonyl (C=O) groups excluding carboxylic acids is 1. The molecule has 0 bridgehead atoms. The van der Waals surface area contributed by atoms with Crippen molar-refractivity contribution in [3.63, 3.8) is 0 Å². The Morgan fingerprint density at radius 1 is 1.43 bits per heavy atom. The van der Waals surface area contributed by atoms with Crippen molar-refractivity contribution in [3.8, 4) is 0 Å². The minimum absolute atomic E-state index is 0.0505. The molecular formula is C14H18BrN3OS2. The number of nitrogens with one attached hydrogen (secondary N) is 2. The molecule has 0 unspecified atom stereocenters. The Labute approximate surface area is 142 Å².